The summed E-state index contributed by atoms with van der Waals surface area (Å²) in [7, 11) is 0. The van der Waals surface area contributed by atoms with E-state index in [9.17, 15) is 0 Å². The van der Waals surface area contributed by atoms with E-state index in [-0.39, 0.29) is 0 Å². The van der Waals surface area contributed by atoms with Crippen molar-refractivity contribution in [2.45, 2.75) is 44.9 Å². The van der Waals surface area contributed by atoms with Crippen LogP contribution in [0.15, 0.2) is 16.7 Å². The number of thiophene rings is 1. The summed E-state index contributed by atoms with van der Waals surface area (Å²) in [6.45, 7) is 0.686. The van der Waals surface area contributed by atoms with Crippen LogP contribution in [0, 0.1) is 0 Å². The van der Waals surface area contributed by atoms with E-state index in [2.05, 4.69) is 11.1 Å². The lowest BCUT2D eigenvalue weighted by atomic mass is 10.1. The third kappa shape index (κ3) is 2.90. The van der Waals surface area contributed by atoms with E-state index in [0.29, 0.717) is 6.54 Å². The lowest BCUT2D eigenvalue weighted by Gasteiger charge is -1.93. The second kappa shape index (κ2) is 5.88. The second-order valence-electron chi connectivity index (χ2n) is 5.13. The zero-order valence-electron chi connectivity index (χ0n) is 11.2. The van der Waals surface area contributed by atoms with Gasteiger partial charge in [-0.25, -0.2) is 4.98 Å². The molecule has 4 heteroatoms. The van der Waals surface area contributed by atoms with Crippen molar-refractivity contribution in [1.29, 1.82) is 0 Å². The minimum Gasteiger partial charge on any atom is -0.440 e. The third-order valence-corrected chi connectivity index (χ3v) is 4.89. The molecular formula is C15H20N2OS. The summed E-state index contributed by atoms with van der Waals surface area (Å²) in [5.41, 5.74) is 7.03. The van der Waals surface area contributed by atoms with Gasteiger partial charge in [-0.3, -0.25) is 0 Å². The monoisotopic (exact) mass is 276 g/mol. The Morgan fingerprint density at radius 1 is 1.26 bits per heavy atom. The van der Waals surface area contributed by atoms with E-state index >= 15 is 0 Å². The normalized spacial score (nSPS) is 15.2. The molecule has 0 spiro atoms. The number of nitrogens with two attached hydrogens (primary N) is 1. The molecule has 1 aliphatic rings. The van der Waals surface area contributed by atoms with Crippen LogP contribution in [0.2, 0.25) is 0 Å². The molecule has 19 heavy (non-hydrogen) atoms. The van der Waals surface area contributed by atoms with Gasteiger partial charge in [-0.2, -0.15) is 0 Å². The number of rotatable bonds is 4. The van der Waals surface area contributed by atoms with Crippen molar-refractivity contribution in [2.24, 2.45) is 5.73 Å². The molecule has 0 aliphatic heterocycles. The highest BCUT2D eigenvalue weighted by molar-refractivity contribution is 7.15. The van der Waals surface area contributed by atoms with Gasteiger partial charge in [0.15, 0.2) is 11.7 Å². The maximum Gasteiger partial charge on any atom is 0.194 e. The number of aromatic nitrogens is 1. The molecule has 0 atom stereocenters. The summed E-state index contributed by atoms with van der Waals surface area (Å²) in [4.78, 5) is 7.12. The Kier molecular flexibility index (Phi) is 3.99. The highest BCUT2D eigenvalue weighted by Gasteiger charge is 2.15. The van der Waals surface area contributed by atoms with Crippen LogP contribution in [0.4, 0.5) is 0 Å². The van der Waals surface area contributed by atoms with Crippen LogP contribution in [0.25, 0.3) is 10.6 Å². The summed E-state index contributed by atoms with van der Waals surface area (Å²) in [5, 5.41) is 0. The fraction of sp³-hybridized carbons (Fsp3) is 0.533. The molecular weight excluding hydrogens is 256 g/mol. The largest absolute Gasteiger partial charge is 0.440 e. The molecule has 2 aromatic heterocycles. The van der Waals surface area contributed by atoms with Gasteiger partial charge in [0.05, 0.1) is 11.1 Å². The van der Waals surface area contributed by atoms with Gasteiger partial charge in [-0.05, 0) is 50.3 Å². The Balaban J connectivity index is 1.80. The number of oxazole rings is 1. The maximum absolute atomic E-state index is 5.82. The third-order valence-electron chi connectivity index (χ3n) is 3.64. The highest BCUT2D eigenvalue weighted by Crippen LogP contribution is 2.35. The van der Waals surface area contributed by atoms with Crippen LogP contribution in [0.5, 0.6) is 0 Å². The van der Waals surface area contributed by atoms with Gasteiger partial charge in [0.25, 0.3) is 0 Å². The van der Waals surface area contributed by atoms with Crippen molar-refractivity contribution < 1.29 is 4.42 Å². The SMILES string of the molecule is NCCCc1ncc(-c2cc3c(s2)CCCCC3)o1. The average molecular weight is 276 g/mol. The Labute approximate surface area is 117 Å². The van der Waals surface area contributed by atoms with Gasteiger partial charge >= 0.3 is 0 Å². The van der Waals surface area contributed by atoms with Crippen LogP contribution >= 0.6 is 11.3 Å². The van der Waals surface area contributed by atoms with Gasteiger partial charge in [0.2, 0.25) is 0 Å². The van der Waals surface area contributed by atoms with Crippen LogP contribution in [-0.4, -0.2) is 11.5 Å². The number of hydrogen-bond acceptors (Lipinski definition) is 4. The Hall–Kier alpha value is -1.13. The number of nitrogens with zero attached hydrogens (tertiary/aromatic N) is 1. The number of fused-ring (bicyclic) bond motifs is 1. The van der Waals surface area contributed by atoms with Crippen molar-refractivity contribution in [3.05, 3.63) is 28.6 Å². The van der Waals surface area contributed by atoms with Gasteiger partial charge in [0, 0.05) is 11.3 Å². The molecule has 3 nitrogen and oxygen atoms in total. The molecule has 0 saturated heterocycles. The van der Waals surface area contributed by atoms with Crippen molar-refractivity contribution >= 4 is 11.3 Å². The predicted octanol–water partition coefficient (Wildman–Crippen LogP) is 3.56. The Morgan fingerprint density at radius 3 is 3.05 bits per heavy atom. The Bertz CT molecular complexity index is 521. The first-order valence-corrected chi connectivity index (χ1v) is 7.95. The summed E-state index contributed by atoms with van der Waals surface area (Å²) < 4.78 is 5.82. The Morgan fingerprint density at radius 2 is 2.16 bits per heavy atom. The zero-order chi connectivity index (χ0) is 13.1. The molecule has 0 amide bonds. The molecule has 0 radical (unpaired) electrons. The van der Waals surface area contributed by atoms with Gasteiger partial charge in [-0.1, -0.05) is 6.42 Å². The number of aryl methyl sites for hydroxylation is 3. The minimum atomic E-state index is 0.686. The maximum atomic E-state index is 5.82. The smallest absolute Gasteiger partial charge is 0.194 e. The van der Waals surface area contributed by atoms with E-state index in [1.807, 2.05) is 17.5 Å². The molecule has 102 valence electrons. The first-order valence-electron chi connectivity index (χ1n) is 7.13. The molecule has 0 bridgehead atoms. The quantitative estimate of drug-likeness (QED) is 0.869. The molecule has 2 aromatic rings. The lowest BCUT2D eigenvalue weighted by molar-refractivity contribution is 0.500. The molecule has 0 aromatic carbocycles. The summed E-state index contributed by atoms with van der Waals surface area (Å²) in [6.07, 6.45) is 10.1. The van der Waals surface area contributed by atoms with Gasteiger partial charge < -0.3 is 10.2 Å². The predicted molar refractivity (Wildman–Crippen MR) is 78.5 cm³/mol. The van der Waals surface area contributed by atoms with Crippen molar-refractivity contribution in [3.8, 4) is 10.6 Å². The molecule has 2 heterocycles. The summed E-state index contributed by atoms with van der Waals surface area (Å²) >= 11 is 1.88. The lowest BCUT2D eigenvalue weighted by Crippen LogP contribution is -2.00. The highest BCUT2D eigenvalue weighted by atomic mass is 32.1. The van der Waals surface area contributed by atoms with E-state index < -0.39 is 0 Å². The van der Waals surface area contributed by atoms with Gasteiger partial charge in [-0.15, -0.1) is 11.3 Å². The summed E-state index contributed by atoms with van der Waals surface area (Å²) in [6, 6.07) is 2.30. The molecule has 3 rings (SSSR count). The van der Waals surface area contributed by atoms with Crippen molar-refractivity contribution in [3.63, 3.8) is 0 Å². The minimum absolute atomic E-state index is 0.686. The second-order valence-corrected chi connectivity index (χ2v) is 6.27. The fourth-order valence-corrected chi connectivity index (χ4v) is 3.78. The first-order chi connectivity index (χ1) is 9.36. The molecule has 0 fully saturated rings. The van der Waals surface area contributed by atoms with Crippen LogP contribution in [-0.2, 0) is 19.3 Å². The molecule has 1 aliphatic carbocycles. The van der Waals surface area contributed by atoms with Crippen molar-refractivity contribution in [2.75, 3.05) is 6.54 Å². The molecule has 2 N–H and O–H groups in total. The molecule has 0 saturated carbocycles. The first kappa shape index (κ1) is 12.9. The van der Waals surface area contributed by atoms with E-state index in [0.717, 1.165) is 24.5 Å². The van der Waals surface area contributed by atoms with Crippen molar-refractivity contribution in [1.82, 2.24) is 4.98 Å². The van der Waals surface area contributed by atoms with Crippen LogP contribution < -0.4 is 5.73 Å². The van der Waals surface area contributed by atoms with Gasteiger partial charge in [0.1, 0.15) is 0 Å². The van der Waals surface area contributed by atoms with Crippen LogP contribution in [0.3, 0.4) is 0 Å². The fourth-order valence-electron chi connectivity index (χ4n) is 2.58. The van der Waals surface area contributed by atoms with E-state index in [1.54, 1.807) is 4.88 Å². The van der Waals surface area contributed by atoms with Crippen LogP contribution in [0.1, 0.15) is 42.0 Å². The topological polar surface area (TPSA) is 52.0 Å². The standard InChI is InChI=1S/C15H20N2OS/c16-8-4-7-15-17-10-12(18-15)14-9-11-5-2-1-3-6-13(11)19-14/h9-10H,1-8,16H2. The van der Waals surface area contributed by atoms with E-state index in [1.165, 1.54) is 42.5 Å². The van der Waals surface area contributed by atoms with E-state index in [4.69, 9.17) is 10.2 Å². The zero-order valence-corrected chi connectivity index (χ0v) is 12.0. The number of hydrogen-bond donors (Lipinski definition) is 1. The average Bonchev–Trinajstić information content (AvgIpc) is 2.99. The molecule has 0 unspecified atom stereocenters. The summed E-state index contributed by atoms with van der Waals surface area (Å²) in [5.74, 6) is 1.73.